The predicted octanol–water partition coefficient (Wildman–Crippen LogP) is 0.864. The summed E-state index contributed by atoms with van der Waals surface area (Å²) < 4.78 is 11.1. The lowest BCUT2D eigenvalue weighted by Gasteiger charge is -2.45. The van der Waals surface area contributed by atoms with Crippen molar-refractivity contribution < 1.29 is 14.6 Å². The Labute approximate surface area is 129 Å². The minimum atomic E-state index is 0.132. The number of nitrogens with zero attached hydrogens (tertiary/aromatic N) is 1. The highest BCUT2D eigenvalue weighted by Gasteiger charge is 2.37. The van der Waals surface area contributed by atoms with Gasteiger partial charge in [-0.25, -0.2) is 0 Å². The van der Waals surface area contributed by atoms with Gasteiger partial charge in [-0.2, -0.15) is 0 Å². The van der Waals surface area contributed by atoms with Crippen LogP contribution in [0, 0.1) is 5.41 Å². The second-order valence-electron chi connectivity index (χ2n) is 7.60. The minimum Gasteiger partial charge on any atom is -0.395 e. The summed E-state index contributed by atoms with van der Waals surface area (Å²) in [6.45, 7) is 12.9. The lowest BCUT2D eigenvalue weighted by atomic mass is 9.78. The van der Waals surface area contributed by atoms with Crippen LogP contribution in [0.15, 0.2) is 0 Å². The number of aliphatic hydroxyl groups excluding tert-OH is 1. The third kappa shape index (κ3) is 5.18. The van der Waals surface area contributed by atoms with Crippen LogP contribution in [-0.4, -0.2) is 74.3 Å². The molecule has 5 heteroatoms. The summed E-state index contributed by atoms with van der Waals surface area (Å²) in [6.07, 6.45) is 2.18. The summed E-state index contributed by atoms with van der Waals surface area (Å²) in [6, 6.07) is 0.146. The average molecular weight is 300 g/mol. The fourth-order valence-electron chi connectivity index (χ4n) is 3.14. The van der Waals surface area contributed by atoms with E-state index in [1.807, 2.05) is 0 Å². The summed E-state index contributed by atoms with van der Waals surface area (Å²) in [5.74, 6) is 0. The van der Waals surface area contributed by atoms with Gasteiger partial charge in [-0.1, -0.05) is 0 Å². The third-order valence-corrected chi connectivity index (χ3v) is 4.65. The molecular formula is C16H32N2O3. The molecule has 1 unspecified atom stereocenters. The van der Waals surface area contributed by atoms with Gasteiger partial charge >= 0.3 is 0 Å². The van der Waals surface area contributed by atoms with Crippen molar-refractivity contribution in [3.05, 3.63) is 0 Å². The van der Waals surface area contributed by atoms with Crippen molar-refractivity contribution in [3.63, 3.8) is 0 Å². The zero-order chi connectivity index (χ0) is 15.3. The van der Waals surface area contributed by atoms with Crippen LogP contribution >= 0.6 is 0 Å². The molecule has 2 aliphatic heterocycles. The molecular weight excluding hydrogens is 268 g/mol. The average Bonchev–Trinajstić information content (AvgIpc) is 2.46. The first kappa shape index (κ1) is 17.2. The molecule has 2 aliphatic rings. The van der Waals surface area contributed by atoms with Crippen molar-refractivity contribution >= 4 is 0 Å². The predicted molar refractivity (Wildman–Crippen MR) is 83.5 cm³/mol. The Bertz CT molecular complexity index is 311. The zero-order valence-electron chi connectivity index (χ0n) is 13.9. The first-order chi connectivity index (χ1) is 9.94. The van der Waals surface area contributed by atoms with Crippen LogP contribution < -0.4 is 5.32 Å². The number of hydrogen-bond acceptors (Lipinski definition) is 5. The van der Waals surface area contributed by atoms with E-state index in [1.54, 1.807) is 0 Å². The maximum Gasteiger partial charge on any atom is 0.0644 e. The van der Waals surface area contributed by atoms with Gasteiger partial charge in [0.25, 0.3) is 0 Å². The monoisotopic (exact) mass is 300 g/mol. The molecule has 0 amide bonds. The van der Waals surface area contributed by atoms with Crippen LogP contribution in [0.4, 0.5) is 0 Å². The molecule has 124 valence electrons. The standard InChI is InChI=1S/C16H32N2O3/c1-15(2,3)17-12-16(4-7-20-8-5-16)13-18-6-9-21-11-14(18)10-19/h14,17,19H,4-13H2,1-3H3. The Kier molecular flexibility index (Phi) is 6.03. The lowest BCUT2D eigenvalue weighted by molar-refractivity contribution is -0.0662. The summed E-state index contributed by atoms with van der Waals surface area (Å²) in [7, 11) is 0. The Morgan fingerprint density at radius 2 is 1.90 bits per heavy atom. The molecule has 0 aromatic heterocycles. The maximum absolute atomic E-state index is 9.57. The fraction of sp³-hybridized carbons (Fsp3) is 1.00. The highest BCUT2D eigenvalue weighted by molar-refractivity contribution is 4.91. The first-order valence-electron chi connectivity index (χ1n) is 8.20. The lowest BCUT2D eigenvalue weighted by Crippen LogP contribution is -2.56. The molecule has 2 saturated heterocycles. The zero-order valence-corrected chi connectivity index (χ0v) is 13.9. The molecule has 2 heterocycles. The second-order valence-corrected chi connectivity index (χ2v) is 7.60. The van der Waals surface area contributed by atoms with Crippen LogP contribution in [-0.2, 0) is 9.47 Å². The van der Waals surface area contributed by atoms with E-state index in [9.17, 15) is 5.11 Å². The van der Waals surface area contributed by atoms with E-state index >= 15 is 0 Å². The molecule has 0 saturated carbocycles. The Hall–Kier alpha value is -0.200. The van der Waals surface area contributed by atoms with Gasteiger partial charge in [0.15, 0.2) is 0 Å². The van der Waals surface area contributed by atoms with E-state index in [0.717, 1.165) is 52.3 Å². The van der Waals surface area contributed by atoms with Gasteiger partial charge in [-0.3, -0.25) is 4.90 Å². The first-order valence-corrected chi connectivity index (χ1v) is 8.20. The highest BCUT2D eigenvalue weighted by atomic mass is 16.5. The Morgan fingerprint density at radius 1 is 1.19 bits per heavy atom. The maximum atomic E-state index is 9.57. The van der Waals surface area contributed by atoms with Crippen LogP contribution in [0.25, 0.3) is 0 Å². The van der Waals surface area contributed by atoms with Gasteiger partial charge in [-0.15, -0.1) is 0 Å². The normalized spacial score (nSPS) is 27.7. The number of aliphatic hydroxyl groups is 1. The van der Waals surface area contributed by atoms with Gasteiger partial charge in [0.05, 0.1) is 25.9 Å². The quantitative estimate of drug-likeness (QED) is 0.789. The second kappa shape index (κ2) is 7.38. The fourth-order valence-corrected chi connectivity index (χ4v) is 3.14. The topological polar surface area (TPSA) is 54.0 Å². The van der Waals surface area contributed by atoms with Gasteiger partial charge < -0.3 is 19.9 Å². The summed E-state index contributed by atoms with van der Waals surface area (Å²) in [4.78, 5) is 2.42. The largest absolute Gasteiger partial charge is 0.395 e. The van der Waals surface area contributed by atoms with Crippen LogP contribution in [0.1, 0.15) is 33.6 Å². The van der Waals surface area contributed by atoms with E-state index in [2.05, 4.69) is 31.0 Å². The van der Waals surface area contributed by atoms with Crippen LogP contribution in [0.5, 0.6) is 0 Å². The van der Waals surface area contributed by atoms with E-state index in [0.29, 0.717) is 6.61 Å². The van der Waals surface area contributed by atoms with E-state index in [1.165, 1.54) is 0 Å². The highest BCUT2D eigenvalue weighted by Crippen LogP contribution is 2.32. The van der Waals surface area contributed by atoms with Gasteiger partial charge in [0.2, 0.25) is 0 Å². The molecule has 0 bridgehead atoms. The van der Waals surface area contributed by atoms with E-state index < -0.39 is 0 Å². The molecule has 21 heavy (non-hydrogen) atoms. The molecule has 0 spiro atoms. The molecule has 0 aliphatic carbocycles. The molecule has 2 fully saturated rings. The number of ether oxygens (including phenoxy) is 2. The molecule has 0 aromatic rings. The van der Waals surface area contributed by atoms with Crippen LogP contribution in [0.2, 0.25) is 0 Å². The molecule has 0 radical (unpaired) electrons. The minimum absolute atomic E-state index is 0.132. The number of rotatable bonds is 5. The van der Waals surface area contributed by atoms with Crippen molar-refractivity contribution in [1.29, 1.82) is 0 Å². The molecule has 0 aromatic carbocycles. The van der Waals surface area contributed by atoms with Gasteiger partial charge in [0.1, 0.15) is 0 Å². The molecule has 5 nitrogen and oxygen atoms in total. The Morgan fingerprint density at radius 3 is 2.52 bits per heavy atom. The van der Waals surface area contributed by atoms with Gasteiger partial charge in [-0.05, 0) is 39.0 Å². The number of morpholine rings is 1. The third-order valence-electron chi connectivity index (χ3n) is 4.65. The van der Waals surface area contributed by atoms with Crippen molar-refractivity contribution in [2.75, 3.05) is 52.7 Å². The summed E-state index contributed by atoms with van der Waals surface area (Å²) >= 11 is 0. The van der Waals surface area contributed by atoms with E-state index in [-0.39, 0.29) is 23.6 Å². The SMILES string of the molecule is CC(C)(C)NCC1(CN2CCOCC2CO)CCOCC1. The van der Waals surface area contributed by atoms with E-state index in [4.69, 9.17) is 9.47 Å². The summed E-state index contributed by atoms with van der Waals surface area (Å²) in [5, 5.41) is 13.3. The number of hydrogen-bond donors (Lipinski definition) is 2. The van der Waals surface area contributed by atoms with Crippen molar-refractivity contribution in [2.24, 2.45) is 5.41 Å². The van der Waals surface area contributed by atoms with Crippen molar-refractivity contribution in [2.45, 2.75) is 45.2 Å². The van der Waals surface area contributed by atoms with Crippen molar-refractivity contribution in [3.8, 4) is 0 Å². The number of nitrogens with one attached hydrogen (secondary N) is 1. The molecule has 2 rings (SSSR count). The van der Waals surface area contributed by atoms with Crippen molar-refractivity contribution in [1.82, 2.24) is 10.2 Å². The van der Waals surface area contributed by atoms with Gasteiger partial charge in [0, 0.05) is 38.4 Å². The summed E-state index contributed by atoms with van der Waals surface area (Å²) in [5.41, 5.74) is 0.378. The smallest absolute Gasteiger partial charge is 0.0644 e. The molecule has 2 N–H and O–H groups in total. The Balaban J connectivity index is 2.00. The van der Waals surface area contributed by atoms with Crippen LogP contribution in [0.3, 0.4) is 0 Å². The molecule has 1 atom stereocenters.